The molecular weight excluding hydrogens is 250 g/mol. The summed E-state index contributed by atoms with van der Waals surface area (Å²) in [5, 5.41) is 0. The summed E-state index contributed by atoms with van der Waals surface area (Å²) in [4.78, 5) is 6.81. The average Bonchev–Trinajstić information content (AvgIpc) is 2.94. The van der Waals surface area contributed by atoms with Gasteiger partial charge in [0, 0.05) is 25.5 Å². The molecule has 1 aliphatic rings. The monoisotopic (exact) mass is 269 g/mol. The number of ether oxygens (including phenoxy) is 1. The lowest BCUT2D eigenvalue weighted by Crippen LogP contribution is -2.37. The summed E-state index contributed by atoms with van der Waals surface area (Å²) >= 11 is 0. The molecule has 0 saturated heterocycles. The minimum Gasteiger partial charge on any atom is -0.497 e. The Bertz CT molecular complexity index is 588. The molecule has 104 valence electrons. The van der Waals surface area contributed by atoms with Crippen molar-refractivity contribution in [2.24, 2.45) is 0 Å². The Morgan fingerprint density at radius 3 is 2.90 bits per heavy atom. The standard InChI is InChI=1S/C16H19N3O/c1-3-9-18-12-16-17-8-10-19(16)11-15(18)13-4-6-14(20-2)7-5-13/h3-8,10,15H,1,9,11-12H2,2H3. The Hall–Kier alpha value is -2.07. The molecule has 1 atom stereocenters. The van der Waals surface area contributed by atoms with Gasteiger partial charge in [0.1, 0.15) is 11.6 Å². The number of fused-ring (bicyclic) bond motifs is 1. The molecule has 0 spiro atoms. The number of hydrogen-bond acceptors (Lipinski definition) is 3. The van der Waals surface area contributed by atoms with Gasteiger partial charge in [-0.3, -0.25) is 4.90 Å². The van der Waals surface area contributed by atoms with Crippen LogP contribution in [0.25, 0.3) is 0 Å². The van der Waals surface area contributed by atoms with Crippen molar-refractivity contribution in [2.45, 2.75) is 19.1 Å². The number of aromatic nitrogens is 2. The maximum absolute atomic E-state index is 5.23. The second-order valence-corrected chi connectivity index (χ2v) is 5.00. The van der Waals surface area contributed by atoms with Crippen LogP contribution < -0.4 is 4.74 Å². The van der Waals surface area contributed by atoms with Crippen molar-refractivity contribution in [3.05, 3.63) is 60.7 Å². The molecule has 4 heteroatoms. The van der Waals surface area contributed by atoms with Gasteiger partial charge in [0.25, 0.3) is 0 Å². The second kappa shape index (κ2) is 5.51. The normalized spacial score (nSPS) is 18.6. The van der Waals surface area contributed by atoms with E-state index in [-0.39, 0.29) is 0 Å². The predicted octanol–water partition coefficient (Wildman–Crippen LogP) is 2.63. The third-order valence-electron chi connectivity index (χ3n) is 3.82. The molecule has 1 aliphatic heterocycles. The maximum atomic E-state index is 5.23. The summed E-state index contributed by atoms with van der Waals surface area (Å²) in [6, 6.07) is 8.67. The third-order valence-corrected chi connectivity index (χ3v) is 3.82. The van der Waals surface area contributed by atoms with E-state index in [2.05, 4.69) is 39.4 Å². The van der Waals surface area contributed by atoms with Crippen molar-refractivity contribution >= 4 is 0 Å². The highest BCUT2D eigenvalue weighted by atomic mass is 16.5. The number of imidazole rings is 1. The fraction of sp³-hybridized carbons (Fsp3) is 0.312. The molecule has 2 heterocycles. The molecule has 0 N–H and O–H groups in total. The highest BCUT2D eigenvalue weighted by molar-refractivity contribution is 5.29. The fourth-order valence-electron chi connectivity index (χ4n) is 2.75. The lowest BCUT2D eigenvalue weighted by Gasteiger charge is -2.35. The molecule has 2 aromatic rings. The van der Waals surface area contributed by atoms with Crippen LogP contribution >= 0.6 is 0 Å². The van der Waals surface area contributed by atoms with Crippen molar-refractivity contribution in [3.63, 3.8) is 0 Å². The Morgan fingerprint density at radius 2 is 2.20 bits per heavy atom. The molecule has 20 heavy (non-hydrogen) atoms. The van der Waals surface area contributed by atoms with Gasteiger partial charge in [-0.1, -0.05) is 18.2 Å². The van der Waals surface area contributed by atoms with E-state index in [1.807, 2.05) is 24.4 Å². The molecule has 1 unspecified atom stereocenters. The first-order valence-corrected chi connectivity index (χ1v) is 6.80. The zero-order chi connectivity index (χ0) is 13.9. The zero-order valence-corrected chi connectivity index (χ0v) is 11.7. The summed E-state index contributed by atoms with van der Waals surface area (Å²) in [6.07, 6.45) is 5.88. The Labute approximate surface area is 119 Å². The first-order valence-electron chi connectivity index (χ1n) is 6.80. The number of nitrogens with zero attached hydrogens (tertiary/aromatic N) is 3. The SMILES string of the molecule is C=CCN1Cc2nccn2CC1c1ccc(OC)cc1. The molecule has 0 fully saturated rings. The molecule has 0 saturated carbocycles. The molecule has 1 aromatic heterocycles. The third kappa shape index (κ3) is 2.34. The summed E-state index contributed by atoms with van der Waals surface area (Å²) in [5.41, 5.74) is 1.30. The molecule has 0 bridgehead atoms. The summed E-state index contributed by atoms with van der Waals surface area (Å²) in [7, 11) is 1.69. The van der Waals surface area contributed by atoms with Crippen molar-refractivity contribution in [1.82, 2.24) is 14.5 Å². The lowest BCUT2D eigenvalue weighted by molar-refractivity contribution is 0.154. The van der Waals surface area contributed by atoms with Crippen LogP contribution in [-0.4, -0.2) is 28.1 Å². The zero-order valence-electron chi connectivity index (χ0n) is 11.7. The number of methoxy groups -OCH3 is 1. The van der Waals surface area contributed by atoms with Crippen LogP contribution in [0.2, 0.25) is 0 Å². The quantitative estimate of drug-likeness (QED) is 0.799. The minimum absolute atomic E-state index is 0.348. The molecule has 3 rings (SSSR count). The Morgan fingerprint density at radius 1 is 1.40 bits per heavy atom. The van der Waals surface area contributed by atoms with E-state index < -0.39 is 0 Å². The fourth-order valence-corrected chi connectivity index (χ4v) is 2.75. The first-order chi connectivity index (χ1) is 9.81. The second-order valence-electron chi connectivity index (χ2n) is 5.00. The molecule has 0 amide bonds. The van der Waals surface area contributed by atoms with Crippen LogP contribution in [0.5, 0.6) is 5.75 Å². The Balaban J connectivity index is 1.90. The lowest BCUT2D eigenvalue weighted by atomic mass is 10.0. The van der Waals surface area contributed by atoms with Crippen LogP contribution in [0.3, 0.4) is 0 Å². The molecular formula is C16H19N3O. The summed E-state index contributed by atoms with van der Waals surface area (Å²) in [6.45, 7) is 6.51. The van der Waals surface area contributed by atoms with Crippen molar-refractivity contribution in [3.8, 4) is 5.75 Å². The van der Waals surface area contributed by atoms with Gasteiger partial charge in [-0.2, -0.15) is 0 Å². The highest BCUT2D eigenvalue weighted by Gasteiger charge is 2.26. The van der Waals surface area contributed by atoms with Gasteiger partial charge < -0.3 is 9.30 Å². The van der Waals surface area contributed by atoms with Gasteiger partial charge in [-0.25, -0.2) is 4.98 Å². The summed E-state index contributed by atoms with van der Waals surface area (Å²) < 4.78 is 7.46. The molecule has 4 nitrogen and oxygen atoms in total. The number of benzene rings is 1. The van der Waals surface area contributed by atoms with Crippen LogP contribution in [-0.2, 0) is 13.1 Å². The van der Waals surface area contributed by atoms with Gasteiger partial charge in [-0.05, 0) is 17.7 Å². The molecule has 1 aromatic carbocycles. The minimum atomic E-state index is 0.348. The topological polar surface area (TPSA) is 30.3 Å². The van der Waals surface area contributed by atoms with E-state index in [9.17, 15) is 0 Å². The first kappa shape index (κ1) is 12.9. The maximum Gasteiger partial charge on any atom is 0.122 e. The van der Waals surface area contributed by atoms with Gasteiger partial charge in [0.15, 0.2) is 0 Å². The largest absolute Gasteiger partial charge is 0.497 e. The van der Waals surface area contributed by atoms with Crippen LogP contribution in [0.4, 0.5) is 0 Å². The average molecular weight is 269 g/mol. The highest BCUT2D eigenvalue weighted by Crippen LogP contribution is 2.29. The van der Waals surface area contributed by atoms with Crippen LogP contribution in [0, 0.1) is 0 Å². The smallest absolute Gasteiger partial charge is 0.122 e. The molecule has 0 aliphatic carbocycles. The van der Waals surface area contributed by atoms with Crippen molar-refractivity contribution < 1.29 is 4.74 Å². The van der Waals surface area contributed by atoms with E-state index in [1.165, 1.54) is 5.56 Å². The molecule has 0 radical (unpaired) electrons. The predicted molar refractivity (Wildman–Crippen MR) is 78.6 cm³/mol. The van der Waals surface area contributed by atoms with Gasteiger partial charge >= 0.3 is 0 Å². The summed E-state index contributed by atoms with van der Waals surface area (Å²) in [5.74, 6) is 2.01. The van der Waals surface area contributed by atoms with E-state index in [0.717, 1.165) is 31.2 Å². The Kier molecular flexibility index (Phi) is 3.56. The van der Waals surface area contributed by atoms with E-state index in [0.29, 0.717) is 6.04 Å². The van der Waals surface area contributed by atoms with Gasteiger partial charge in [-0.15, -0.1) is 6.58 Å². The van der Waals surface area contributed by atoms with Gasteiger partial charge in [0.05, 0.1) is 19.7 Å². The van der Waals surface area contributed by atoms with Gasteiger partial charge in [0.2, 0.25) is 0 Å². The van der Waals surface area contributed by atoms with Crippen molar-refractivity contribution in [1.29, 1.82) is 0 Å². The van der Waals surface area contributed by atoms with E-state index >= 15 is 0 Å². The van der Waals surface area contributed by atoms with Crippen LogP contribution in [0.1, 0.15) is 17.4 Å². The van der Waals surface area contributed by atoms with E-state index in [1.54, 1.807) is 7.11 Å². The van der Waals surface area contributed by atoms with Crippen LogP contribution in [0.15, 0.2) is 49.3 Å². The van der Waals surface area contributed by atoms with E-state index in [4.69, 9.17) is 4.74 Å². The van der Waals surface area contributed by atoms with Crippen molar-refractivity contribution in [2.75, 3.05) is 13.7 Å². The number of rotatable bonds is 4. The number of hydrogen-bond donors (Lipinski definition) is 0.